The Kier molecular flexibility index (Phi) is 3.33. The Balaban J connectivity index is 1.49. The van der Waals surface area contributed by atoms with Gasteiger partial charge in [0.1, 0.15) is 0 Å². The quantitative estimate of drug-likeness (QED) is 0.910. The highest BCUT2D eigenvalue weighted by atomic mass is 32.1. The van der Waals surface area contributed by atoms with E-state index in [1.165, 1.54) is 11.3 Å². The number of hydrogen-bond acceptors (Lipinski definition) is 5. The maximum Gasteiger partial charge on any atom is 0.261 e. The zero-order valence-corrected chi connectivity index (χ0v) is 11.5. The molecule has 0 saturated heterocycles. The van der Waals surface area contributed by atoms with E-state index >= 15 is 0 Å². The molecule has 0 bridgehead atoms. The first-order chi connectivity index (χ1) is 9.24. The van der Waals surface area contributed by atoms with Crippen molar-refractivity contribution in [2.24, 2.45) is 0 Å². The SMILES string of the molecule is Cc1ccsc1C(=O)NCCc1noc(C2CC2)n1. The number of rotatable bonds is 5. The van der Waals surface area contributed by atoms with Crippen molar-refractivity contribution in [3.8, 4) is 0 Å². The summed E-state index contributed by atoms with van der Waals surface area (Å²) in [6.45, 7) is 2.46. The molecule has 0 unspecified atom stereocenters. The topological polar surface area (TPSA) is 68.0 Å². The molecule has 1 saturated carbocycles. The standard InChI is InChI=1S/C13H15N3O2S/c1-8-5-7-19-11(8)12(17)14-6-4-10-15-13(18-16-10)9-2-3-9/h5,7,9H,2-4,6H2,1H3,(H,14,17). The first kappa shape index (κ1) is 12.3. The first-order valence-electron chi connectivity index (χ1n) is 6.39. The van der Waals surface area contributed by atoms with Gasteiger partial charge in [0.2, 0.25) is 5.89 Å². The van der Waals surface area contributed by atoms with Crippen LogP contribution in [-0.4, -0.2) is 22.6 Å². The van der Waals surface area contributed by atoms with E-state index in [-0.39, 0.29) is 5.91 Å². The molecule has 6 heteroatoms. The second kappa shape index (κ2) is 5.13. The number of thiophene rings is 1. The van der Waals surface area contributed by atoms with Crippen molar-refractivity contribution in [2.75, 3.05) is 6.54 Å². The van der Waals surface area contributed by atoms with Gasteiger partial charge < -0.3 is 9.84 Å². The summed E-state index contributed by atoms with van der Waals surface area (Å²) in [5.74, 6) is 1.86. The number of carbonyl (C=O) groups excluding carboxylic acids is 1. The van der Waals surface area contributed by atoms with Gasteiger partial charge in [-0.2, -0.15) is 4.98 Å². The van der Waals surface area contributed by atoms with E-state index in [1.807, 2.05) is 18.4 Å². The Morgan fingerprint density at radius 3 is 3.11 bits per heavy atom. The zero-order chi connectivity index (χ0) is 13.2. The van der Waals surface area contributed by atoms with Crippen molar-refractivity contribution in [1.82, 2.24) is 15.5 Å². The molecule has 0 radical (unpaired) electrons. The molecule has 1 N–H and O–H groups in total. The normalized spacial score (nSPS) is 14.6. The van der Waals surface area contributed by atoms with E-state index in [9.17, 15) is 4.79 Å². The number of amides is 1. The third-order valence-electron chi connectivity index (χ3n) is 3.11. The molecule has 1 fully saturated rings. The van der Waals surface area contributed by atoms with Gasteiger partial charge in [0.25, 0.3) is 5.91 Å². The van der Waals surface area contributed by atoms with E-state index in [0.717, 1.165) is 29.2 Å². The third-order valence-corrected chi connectivity index (χ3v) is 4.13. The number of hydrogen-bond donors (Lipinski definition) is 1. The Bertz CT molecular complexity index is 586. The van der Waals surface area contributed by atoms with Crippen molar-refractivity contribution >= 4 is 17.2 Å². The van der Waals surface area contributed by atoms with Gasteiger partial charge in [0.05, 0.1) is 4.88 Å². The summed E-state index contributed by atoms with van der Waals surface area (Å²) in [6.07, 6.45) is 2.90. The summed E-state index contributed by atoms with van der Waals surface area (Å²) >= 11 is 1.46. The maximum atomic E-state index is 11.9. The summed E-state index contributed by atoms with van der Waals surface area (Å²) < 4.78 is 5.17. The summed E-state index contributed by atoms with van der Waals surface area (Å²) in [7, 11) is 0. The van der Waals surface area contributed by atoms with Gasteiger partial charge in [-0.1, -0.05) is 5.16 Å². The summed E-state index contributed by atoms with van der Waals surface area (Å²) in [5, 5.41) is 8.72. The maximum absolute atomic E-state index is 11.9. The van der Waals surface area contributed by atoms with Gasteiger partial charge in [-0.15, -0.1) is 11.3 Å². The lowest BCUT2D eigenvalue weighted by Gasteiger charge is -2.02. The van der Waals surface area contributed by atoms with Crippen LogP contribution in [0, 0.1) is 6.92 Å². The minimum absolute atomic E-state index is 0.0292. The third kappa shape index (κ3) is 2.84. The Morgan fingerprint density at radius 1 is 1.58 bits per heavy atom. The smallest absolute Gasteiger partial charge is 0.261 e. The number of nitrogens with one attached hydrogen (secondary N) is 1. The Hall–Kier alpha value is -1.69. The van der Waals surface area contributed by atoms with Gasteiger partial charge in [-0.05, 0) is 36.8 Å². The molecular weight excluding hydrogens is 262 g/mol. The van der Waals surface area contributed by atoms with Crippen LogP contribution < -0.4 is 5.32 Å². The van der Waals surface area contributed by atoms with Gasteiger partial charge in [0, 0.05) is 18.9 Å². The van der Waals surface area contributed by atoms with Crippen molar-refractivity contribution in [3.05, 3.63) is 33.6 Å². The van der Waals surface area contributed by atoms with Crippen LogP contribution in [0.15, 0.2) is 16.0 Å². The number of aromatic nitrogens is 2. The Labute approximate surface area is 115 Å². The second-order valence-electron chi connectivity index (χ2n) is 4.76. The van der Waals surface area contributed by atoms with Gasteiger partial charge in [-0.3, -0.25) is 4.79 Å². The first-order valence-corrected chi connectivity index (χ1v) is 7.27. The molecular formula is C13H15N3O2S. The molecule has 100 valence electrons. The average molecular weight is 277 g/mol. The lowest BCUT2D eigenvalue weighted by atomic mass is 10.3. The lowest BCUT2D eigenvalue weighted by molar-refractivity contribution is 0.0957. The zero-order valence-electron chi connectivity index (χ0n) is 10.7. The van der Waals surface area contributed by atoms with E-state index in [4.69, 9.17) is 4.52 Å². The Morgan fingerprint density at radius 2 is 2.42 bits per heavy atom. The van der Waals surface area contributed by atoms with Crippen LogP contribution in [0.25, 0.3) is 0 Å². The highest BCUT2D eigenvalue weighted by Crippen LogP contribution is 2.38. The molecule has 2 aromatic heterocycles. The average Bonchev–Trinajstić information content (AvgIpc) is 2.99. The molecule has 5 nitrogen and oxygen atoms in total. The highest BCUT2D eigenvalue weighted by molar-refractivity contribution is 7.12. The lowest BCUT2D eigenvalue weighted by Crippen LogP contribution is -2.25. The van der Waals surface area contributed by atoms with Crippen LogP contribution in [-0.2, 0) is 6.42 Å². The van der Waals surface area contributed by atoms with Crippen LogP contribution in [0.3, 0.4) is 0 Å². The van der Waals surface area contributed by atoms with Crippen LogP contribution in [0.2, 0.25) is 0 Å². The fourth-order valence-corrected chi connectivity index (χ4v) is 2.68. The molecule has 2 heterocycles. The summed E-state index contributed by atoms with van der Waals surface area (Å²) in [4.78, 5) is 17.0. The molecule has 0 atom stereocenters. The van der Waals surface area contributed by atoms with Crippen LogP contribution in [0.5, 0.6) is 0 Å². The van der Waals surface area contributed by atoms with Gasteiger partial charge >= 0.3 is 0 Å². The van der Waals surface area contributed by atoms with Crippen LogP contribution in [0.4, 0.5) is 0 Å². The largest absolute Gasteiger partial charge is 0.351 e. The minimum Gasteiger partial charge on any atom is -0.351 e. The second-order valence-corrected chi connectivity index (χ2v) is 5.68. The van der Waals surface area contributed by atoms with Crippen LogP contribution >= 0.6 is 11.3 Å². The van der Waals surface area contributed by atoms with Crippen LogP contribution in [0.1, 0.15) is 45.7 Å². The molecule has 2 aromatic rings. The van der Waals surface area contributed by atoms with E-state index in [1.54, 1.807) is 0 Å². The predicted molar refractivity (Wildman–Crippen MR) is 71.4 cm³/mol. The van der Waals surface area contributed by atoms with Crippen molar-refractivity contribution in [2.45, 2.75) is 32.1 Å². The minimum atomic E-state index is -0.0292. The summed E-state index contributed by atoms with van der Waals surface area (Å²) in [5.41, 5.74) is 1.01. The van der Waals surface area contributed by atoms with E-state index in [2.05, 4.69) is 15.5 Å². The van der Waals surface area contributed by atoms with Crippen molar-refractivity contribution in [3.63, 3.8) is 0 Å². The number of carbonyl (C=O) groups is 1. The van der Waals surface area contributed by atoms with Gasteiger partial charge in [-0.25, -0.2) is 0 Å². The molecule has 0 spiro atoms. The fourth-order valence-electron chi connectivity index (χ4n) is 1.84. The number of nitrogens with zero attached hydrogens (tertiary/aromatic N) is 2. The molecule has 1 amide bonds. The highest BCUT2D eigenvalue weighted by Gasteiger charge is 2.29. The van der Waals surface area contributed by atoms with Crippen molar-refractivity contribution in [1.29, 1.82) is 0 Å². The van der Waals surface area contributed by atoms with E-state index < -0.39 is 0 Å². The monoisotopic (exact) mass is 277 g/mol. The van der Waals surface area contributed by atoms with Gasteiger partial charge in [0.15, 0.2) is 5.82 Å². The predicted octanol–water partition coefficient (Wildman–Crippen LogP) is 2.29. The molecule has 1 aliphatic rings. The number of aryl methyl sites for hydroxylation is 1. The molecule has 0 aromatic carbocycles. The van der Waals surface area contributed by atoms with Crippen molar-refractivity contribution < 1.29 is 9.32 Å². The summed E-state index contributed by atoms with van der Waals surface area (Å²) in [6, 6.07) is 1.95. The molecule has 0 aliphatic heterocycles. The molecule has 3 rings (SSSR count). The molecule has 1 aliphatic carbocycles. The van der Waals surface area contributed by atoms with E-state index in [0.29, 0.717) is 24.7 Å². The molecule has 19 heavy (non-hydrogen) atoms. The fraction of sp³-hybridized carbons (Fsp3) is 0.462.